The fraction of sp³-hybridized carbons (Fsp3) is 0.235. The highest BCUT2D eigenvalue weighted by Gasteiger charge is 2.13. The lowest BCUT2D eigenvalue weighted by Crippen LogP contribution is -2.02. The molecule has 0 bridgehead atoms. The number of carbonyl (C=O) groups excluding carboxylic acids is 1. The van der Waals surface area contributed by atoms with E-state index in [1.165, 1.54) is 0 Å². The van der Waals surface area contributed by atoms with Crippen molar-refractivity contribution < 1.29 is 14.3 Å². The molecular formula is C17H17O3. The topological polar surface area (TPSA) is 35.5 Å². The molecule has 0 N–H and O–H groups in total. The number of hydrogen-bond donors (Lipinski definition) is 0. The summed E-state index contributed by atoms with van der Waals surface area (Å²) in [4.78, 5) is 11.0. The Balaban J connectivity index is 2.25. The molecule has 3 nitrogen and oxygen atoms in total. The number of hydrogen-bond acceptors (Lipinski definition) is 3. The third-order valence-corrected chi connectivity index (χ3v) is 3.13. The maximum Gasteiger partial charge on any atom is 0.164 e. The van der Waals surface area contributed by atoms with Crippen molar-refractivity contribution in [1.82, 2.24) is 0 Å². The fourth-order valence-electron chi connectivity index (χ4n) is 2.11. The van der Waals surface area contributed by atoms with E-state index in [2.05, 4.69) is 6.07 Å². The summed E-state index contributed by atoms with van der Waals surface area (Å²) in [6, 6.07) is 14.1. The van der Waals surface area contributed by atoms with Crippen LogP contribution in [-0.2, 0) is 13.0 Å². The molecule has 0 aliphatic carbocycles. The zero-order valence-electron chi connectivity index (χ0n) is 11.7. The summed E-state index contributed by atoms with van der Waals surface area (Å²) < 4.78 is 11.2. The highest BCUT2D eigenvalue weighted by molar-refractivity contribution is 5.79. The lowest BCUT2D eigenvalue weighted by Gasteiger charge is -2.15. The zero-order chi connectivity index (χ0) is 14.4. The molecule has 0 aliphatic rings. The Bertz CT molecular complexity index is 576. The average molecular weight is 269 g/mol. The quantitative estimate of drug-likeness (QED) is 0.753. The molecule has 0 spiro atoms. The van der Waals surface area contributed by atoms with Gasteiger partial charge in [0.1, 0.15) is 12.9 Å². The van der Waals surface area contributed by atoms with E-state index < -0.39 is 0 Å². The Morgan fingerprint density at radius 3 is 2.55 bits per heavy atom. The molecule has 0 amide bonds. The maximum atomic E-state index is 11.0. The van der Waals surface area contributed by atoms with Gasteiger partial charge in [-0.25, -0.2) is 0 Å². The first-order valence-corrected chi connectivity index (χ1v) is 6.53. The second-order valence-electron chi connectivity index (χ2n) is 4.33. The molecule has 2 aromatic rings. The Hall–Kier alpha value is -2.29. The van der Waals surface area contributed by atoms with E-state index in [9.17, 15) is 4.79 Å². The highest BCUT2D eigenvalue weighted by Crippen LogP contribution is 2.34. The normalized spacial score (nSPS) is 10.1. The van der Waals surface area contributed by atoms with E-state index in [1.807, 2.05) is 31.2 Å². The molecule has 2 aromatic carbocycles. The van der Waals surface area contributed by atoms with Gasteiger partial charge in [-0.15, -0.1) is 0 Å². The van der Waals surface area contributed by atoms with Gasteiger partial charge in [0, 0.05) is 11.1 Å². The molecule has 0 fully saturated rings. The molecule has 1 radical (unpaired) electrons. The van der Waals surface area contributed by atoms with Crippen LogP contribution in [-0.4, -0.2) is 13.4 Å². The first kappa shape index (κ1) is 14.1. The number of ether oxygens (including phenoxy) is 2. The van der Waals surface area contributed by atoms with Gasteiger partial charge in [0.05, 0.1) is 7.11 Å². The predicted molar refractivity (Wildman–Crippen MR) is 77.4 cm³/mol. The van der Waals surface area contributed by atoms with Crippen molar-refractivity contribution in [2.75, 3.05) is 7.11 Å². The SMILES string of the molecule is CCc1c(C=O)ccc(OCc2cc[c]cc2)c1OC. The zero-order valence-corrected chi connectivity index (χ0v) is 11.7. The highest BCUT2D eigenvalue weighted by atomic mass is 16.5. The van der Waals surface area contributed by atoms with E-state index in [4.69, 9.17) is 9.47 Å². The van der Waals surface area contributed by atoms with Gasteiger partial charge in [0.15, 0.2) is 11.5 Å². The number of benzene rings is 2. The van der Waals surface area contributed by atoms with Crippen LogP contribution >= 0.6 is 0 Å². The van der Waals surface area contributed by atoms with E-state index in [0.29, 0.717) is 23.7 Å². The monoisotopic (exact) mass is 269 g/mol. The summed E-state index contributed by atoms with van der Waals surface area (Å²) in [7, 11) is 1.59. The third kappa shape index (κ3) is 2.99. The molecule has 20 heavy (non-hydrogen) atoms. The molecule has 0 atom stereocenters. The number of carbonyl (C=O) groups is 1. The van der Waals surface area contributed by atoms with Gasteiger partial charge < -0.3 is 9.47 Å². The maximum absolute atomic E-state index is 11.0. The Morgan fingerprint density at radius 2 is 1.95 bits per heavy atom. The average Bonchev–Trinajstić information content (AvgIpc) is 2.52. The minimum Gasteiger partial charge on any atom is -0.493 e. The van der Waals surface area contributed by atoms with Crippen molar-refractivity contribution in [2.24, 2.45) is 0 Å². The summed E-state index contributed by atoms with van der Waals surface area (Å²) in [6.45, 7) is 2.44. The van der Waals surface area contributed by atoms with Crippen LogP contribution in [0.1, 0.15) is 28.4 Å². The van der Waals surface area contributed by atoms with Crippen molar-refractivity contribution in [3.8, 4) is 11.5 Å². The van der Waals surface area contributed by atoms with E-state index >= 15 is 0 Å². The standard InChI is InChI=1S/C17H17O3/c1-3-15-14(11-18)9-10-16(17(15)19-2)20-12-13-7-5-4-6-8-13/h5-11H,3,12H2,1-2H3. The van der Waals surface area contributed by atoms with Crippen LogP contribution < -0.4 is 9.47 Å². The Labute approximate surface area is 119 Å². The molecule has 0 heterocycles. The second kappa shape index (κ2) is 6.75. The smallest absolute Gasteiger partial charge is 0.164 e. The summed E-state index contributed by atoms with van der Waals surface area (Å²) in [5.74, 6) is 1.29. The van der Waals surface area contributed by atoms with Gasteiger partial charge in [-0.3, -0.25) is 4.79 Å². The van der Waals surface area contributed by atoms with Gasteiger partial charge in [0.2, 0.25) is 0 Å². The fourth-order valence-corrected chi connectivity index (χ4v) is 2.11. The minimum atomic E-state index is 0.453. The molecule has 0 aliphatic heterocycles. The summed E-state index contributed by atoms with van der Waals surface area (Å²) in [6.07, 6.45) is 1.56. The van der Waals surface area contributed by atoms with Gasteiger partial charge >= 0.3 is 0 Å². The first-order valence-electron chi connectivity index (χ1n) is 6.53. The van der Waals surface area contributed by atoms with Crippen molar-refractivity contribution in [2.45, 2.75) is 20.0 Å². The van der Waals surface area contributed by atoms with E-state index in [0.717, 1.165) is 23.8 Å². The van der Waals surface area contributed by atoms with Crippen LogP contribution in [0.4, 0.5) is 0 Å². The molecule has 0 unspecified atom stereocenters. The van der Waals surface area contributed by atoms with Gasteiger partial charge in [-0.1, -0.05) is 31.2 Å². The third-order valence-electron chi connectivity index (χ3n) is 3.13. The van der Waals surface area contributed by atoms with Gasteiger partial charge in [-0.2, -0.15) is 0 Å². The van der Waals surface area contributed by atoms with Crippen LogP contribution in [0.2, 0.25) is 0 Å². The van der Waals surface area contributed by atoms with Gasteiger partial charge in [0.25, 0.3) is 0 Å². The minimum absolute atomic E-state index is 0.453. The summed E-state index contributed by atoms with van der Waals surface area (Å²) >= 11 is 0. The van der Waals surface area contributed by atoms with E-state index in [-0.39, 0.29) is 0 Å². The van der Waals surface area contributed by atoms with E-state index in [1.54, 1.807) is 19.2 Å². The summed E-state index contributed by atoms with van der Waals surface area (Å²) in [5.41, 5.74) is 2.58. The molecule has 0 saturated carbocycles. The molecule has 3 heteroatoms. The molecule has 0 saturated heterocycles. The van der Waals surface area contributed by atoms with Crippen molar-refractivity contribution >= 4 is 6.29 Å². The Kier molecular flexibility index (Phi) is 4.77. The lowest BCUT2D eigenvalue weighted by atomic mass is 10.0. The first-order chi connectivity index (χ1) is 9.80. The van der Waals surface area contributed by atoms with Crippen molar-refractivity contribution in [3.63, 3.8) is 0 Å². The number of aldehydes is 1. The van der Waals surface area contributed by atoms with Crippen LogP contribution in [0.25, 0.3) is 0 Å². The molecule has 0 aromatic heterocycles. The van der Waals surface area contributed by atoms with Crippen LogP contribution in [0.5, 0.6) is 11.5 Å². The second-order valence-corrected chi connectivity index (χ2v) is 4.33. The number of rotatable bonds is 6. The molecule has 2 rings (SSSR count). The van der Waals surface area contributed by atoms with Crippen LogP contribution in [0.3, 0.4) is 0 Å². The molecular weight excluding hydrogens is 252 g/mol. The number of methoxy groups -OCH3 is 1. The van der Waals surface area contributed by atoms with Crippen LogP contribution in [0.15, 0.2) is 36.4 Å². The Morgan fingerprint density at radius 1 is 1.20 bits per heavy atom. The van der Waals surface area contributed by atoms with Crippen molar-refractivity contribution in [1.29, 1.82) is 0 Å². The predicted octanol–water partition coefficient (Wildman–Crippen LogP) is 3.45. The largest absolute Gasteiger partial charge is 0.493 e. The molecule has 103 valence electrons. The van der Waals surface area contributed by atoms with Crippen molar-refractivity contribution in [3.05, 3.63) is 59.2 Å². The van der Waals surface area contributed by atoms with Crippen LogP contribution in [0, 0.1) is 6.07 Å². The van der Waals surface area contributed by atoms with Gasteiger partial charge in [-0.05, 0) is 30.2 Å². The summed E-state index contributed by atoms with van der Waals surface area (Å²) in [5, 5.41) is 0. The lowest BCUT2D eigenvalue weighted by molar-refractivity contribution is 0.112.